The first-order valence-electron chi connectivity index (χ1n) is 32.9. The number of aromatic nitrogens is 4. The van der Waals surface area contributed by atoms with Crippen LogP contribution in [-0.4, -0.2) is 59.5 Å². The number of nitrogens with one attached hydrogen (secondary N) is 4. The number of para-hydroxylation sites is 1. The van der Waals surface area contributed by atoms with E-state index in [1.807, 2.05) is 48.5 Å². The predicted octanol–water partition coefficient (Wildman–Crippen LogP) is 14.9. The molecule has 5 aromatic carbocycles. The van der Waals surface area contributed by atoms with Gasteiger partial charge in [0.25, 0.3) is 18.2 Å². The zero-order valence-corrected chi connectivity index (χ0v) is 62.2. The molecule has 96 heavy (non-hydrogen) atoms. The van der Waals surface area contributed by atoms with Crippen molar-refractivity contribution >= 4 is 75.4 Å². The quantitative estimate of drug-likeness (QED) is 0.0159. The largest absolute Gasteiger partial charge is 1.00 e. The van der Waals surface area contributed by atoms with Gasteiger partial charge >= 0.3 is 85.0 Å². The van der Waals surface area contributed by atoms with Crippen LogP contribution in [0.15, 0.2) is 116 Å². The number of ketones is 1. The first-order chi connectivity index (χ1) is 45.1. The Hall–Kier alpha value is -5.43. The van der Waals surface area contributed by atoms with Gasteiger partial charge in [0, 0.05) is 47.1 Å². The van der Waals surface area contributed by atoms with Gasteiger partial charge in [0.1, 0.15) is 35.9 Å². The number of Topliss-reactive ketones (excluding diaryl/α,β-unsaturated/α-hetero) is 1. The molecule has 4 fully saturated rings. The zero-order chi connectivity index (χ0) is 67.4. The number of rotatable bonds is 11. The van der Waals surface area contributed by atoms with Gasteiger partial charge in [0.15, 0.2) is 0 Å². The predicted molar refractivity (Wildman–Crippen MR) is 371 cm³/mol. The summed E-state index contributed by atoms with van der Waals surface area (Å²) < 4.78 is 59.3. The van der Waals surface area contributed by atoms with Gasteiger partial charge in [-0.1, -0.05) is 105 Å². The van der Waals surface area contributed by atoms with E-state index in [4.69, 9.17) is 17.2 Å². The Bertz CT molecular complexity index is 3740. The molecule has 0 saturated heterocycles. The Morgan fingerprint density at radius 1 is 0.635 bits per heavy atom. The van der Waals surface area contributed by atoms with Crippen molar-refractivity contribution in [3.05, 3.63) is 172 Å². The van der Waals surface area contributed by atoms with Crippen LogP contribution in [0.1, 0.15) is 220 Å². The second-order valence-corrected chi connectivity index (χ2v) is 30.7. The van der Waals surface area contributed by atoms with Crippen LogP contribution >= 0.6 is 17.5 Å². The summed E-state index contributed by atoms with van der Waals surface area (Å²) in [7, 11) is 4.33. The van der Waals surface area contributed by atoms with E-state index in [0.29, 0.717) is 69.1 Å². The standard InChI is InChI=1S/C26H25F2N5O2.C19H21F2N5O.C16H31P.C12H10N.ClH.K.H2O.Pd/c1-15-22(29)30-14-31-23(15)32-17-12-18-20(24(35)33-25(18)10-6-3-7-11-25)19(13-17)26(27,28)21(34)16-8-4-2-5-9-16;1-10-16(22)23-9-24-17(10)25-11-7-12(15(20)21)14-13(8-11)19(26-18(14)27)5-3-2-4-6-19;1-16(2,3)17(14-10-6-4-7-11-14)15-12-8-5-9-13-15;13-12-9-5-4-8-11(12)10-6-2-1-3-7-10;;;;/h2,4-5,8-9,12-14H,3,6-7,10-11H2,1H3,(H,33,35)(H3,29,30,31,32);7-9,15H,2-6H2,1H3,(H,26,27)(H3,22,23,24,25);14-15H,4-13H2,1-3H3;1-6,8-9H,13H2;1H;;1H2;/q;;;-1;;+1;;+2/p-1. The first kappa shape index (κ1) is 77.9. The van der Waals surface area contributed by atoms with Crippen LogP contribution in [0.25, 0.3) is 11.1 Å². The molecule has 7 aromatic rings. The van der Waals surface area contributed by atoms with Crippen LogP contribution in [0.3, 0.4) is 0 Å². The normalized spacial score (nSPS) is 17.0. The van der Waals surface area contributed by atoms with Gasteiger partial charge in [-0.15, -0.1) is 35.9 Å². The van der Waals surface area contributed by atoms with Crippen LogP contribution in [0.2, 0.25) is 0 Å². The second kappa shape index (κ2) is 35.1. The number of carbonyl (C=O) groups is 3. The summed E-state index contributed by atoms with van der Waals surface area (Å²) in [5, 5.41) is 12.7. The van der Waals surface area contributed by atoms with Crippen molar-refractivity contribution in [3.63, 3.8) is 0 Å². The Morgan fingerprint density at radius 3 is 1.55 bits per heavy atom. The fourth-order valence-corrected chi connectivity index (χ4v) is 20.1. The maximum atomic E-state index is 15.9. The molecule has 23 heteroatoms. The summed E-state index contributed by atoms with van der Waals surface area (Å²) >= 11 is 2.22. The average molecular weight is 1470 g/mol. The van der Waals surface area contributed by atoms with E-state index in [2.05, 4.69) is 95.8 Å². The molecule has 4 aliphatic carbocycles. The maximum Gasteiger partial charge on any atom is 1.00 e. The summed E-state index contributed by atoms with van der Waals surface area (Å²) in [6.45, 7) is 11.1. The monoisotopic (exact) mass is 1470 g/mol. The molecule has 2 spiro atoms. The molecular formula is C73H89ClF4KN11O4PPd+. The molecule has 4 saturated carbocycles. The molecule has 510 valence electrons. The van der Waals surface area contributed by atoms with E-state index < -0.39 is 46.6 Å². The Morgan fingerprint density at radius 2 is 1.08 bits per heavy atom. The van der Waals surface area contributed by atoms with Gasteiger partial charge in [0.05, 0.1) is 38.7 Å². The number of halogens is 5. The number of nitrogens with two attached hydrogens (primary N) is 3. The maximum absolute atomic E-state index is 15.9. The Labute approximate surface area is 620 Å². The Balaban J connectivity index is 0.000000189. The zero-order valence-electron chi connectivity index (χ0n) is 55.7. The molecule has 0 bridgehead atoms. The number of carbonyl (C=O) groups excluding carboxylic acids is 3. The number of fused-ring (bicyclic) bond motifs is 4. The van der Waals surface area contributed by atoms with E-state index in [1.54, 1.807) is 57.7 Å². The van der Waals surface area contributed by atoms with Crippen molar-refractivity contribution in [2.24, 2.45) is 0 Å². The molecule has 0 radical (unpaired) electrons. The van der Waals surface area contributed by atoms with E-state index >= 15 is 8.78 Å². The minimum absolute atomic E-state index is 0. The summed E-state index contributed by atoms with van der Waals surface area (Å²) in [6, 6.07) is 32.2. The van der Waals surface area contributed by atoms with Gasteiger partial charge in [-0.2, -0.15) is 8.78 Å². The van der Waals surface area contributed by atoms with E-state index in [-0.39, 0.29) is 92.9 Å². The molecule has 2 aliphatic heterocycles. The summed E-state index contributed by atoms with van der Waals surface area (Å²) in [5.74, 6) is -4.88. The number of benzene rings is 5. The van der Waals surface area contributed by atoms with Crippen molar-refractivity contribution in [2.75, 3.05) is 27.8 Å². The van der Waals surface area contributed by atoms with Gasteiger partial charge in [-0.05, 0) is 159 Å². The van der Waals surface area contributed by atoms with Crippen molar-refractivity contribution in [2.45, 2.75) is 203 Å². The van der Waals surface area contributed by atoms with Crippen molar-refractivity contribution in [1.29, 1.82) is 0 Å². The van der Waals surface area contributed by atoms with Gasteiger partial charge in [0.2, 0.25) is 5.78 Å². The number of hydrogen-bond donors (Lipinski definition) is 7. The molecule has 4 heterocycles. The van der Waals surface area contributed by atoms with Gasteiger partial charge < -0.3 is 43.9 Å². The van der Waals surface area contributed by atoms with E-state index in [0.717, 1.165) is 79.5 Å². The third-order valence-corrected chi connectivity index (χ3v) is 24.1. The molecule has 11 N–H and O–H groups in total. The van der Waals surface area contributed by atoms with Crippen molar-refractivity contribution in [1.82, 2.24) is 30.6 Å². The topological polar surface area (TPSA) is 259 Å². The molecular weight excluding hydrogens is 1380 g/mol. The fourth-order valence-electron chi connectivity index (χ4n) is 15.0. The van der Waals surface area contributed by atoms with E-state index in [9.17, 15) is 23.2 Å². The summed E-state index contributed by atoms with van der Waals surface area (Å²) in [4.78, 5) is 54.8. The number of hydrogen-bond acceptors (Lipinski definition) is 13. The van der Waals surface area contributed by atoms with Crippen LogP contribution in [0.5, 0.6) is 0 Å². The summed E-state index contributed by atoms with van der Waals surface area (Å²) in [5.41, 5.74) is 23.5. The molecule has 2 aromatic heterocycles. The minimum Gasteiger partial charge on any atom is -0.870 e. The number of nitrogen functional groups attached to an aromatic ring is 3. The fraction of sp³-hybridized carbons (Fsp3) is 0.438. The molecule has 0 unspecified atom stereocenters. The van der Waals surface area contributed by atoms with Crippen LogP contribution in [0.4, 0.5) is 57.9 Å². The molecule has 2 amide bonds. The first-order valence-corrected chi connectivity index (χ1v) is 36.5. The Kier molecular flexibility index (Phi) is 28.5. The SMILES string of the molecule is CC(C)(C)[PH+](C1CCCCC1)C1CCCCC1.Cc1c(N)ncnc1Nc1cc(C(F)F)c2c(c1)C1(CCCCC1)NC2=O.Cc1c(N)ncnc1Nc1cc2c(c(C(F)(F)C(=O)c3ccccc3)c1)C(=O)NC21CCCCC1.Nc1ccccc1-c1[c-]cccc1.[Cl][Pd+].[K+].[OH-]. The van der Waals surface area contributed by atoms with Gasteiger partial charge in [-0.3, -0.25) is 14.4 Å². The third-order valence-electron chi connectivity index (χ3n) is 19.5. The summed E-state index contributed by atoms with van der Waals surface area (Å²) in [6.07, 6.45) is 23.9. The average Bonchev–Trinajstić information content (AvgIpc) is 1.56. The van der Waals surface area contributed by atoms with Crippen LogP contribution in [0, 0.1) is 19.9 Å². The third kappa shape index (κ3) is 18.1. The molecule has 0 atom stereocenters. The molecule has 13 rings (SSSR count). The molecule has 6 aliphatic rings. The molecule has 15 nitrogen and oxygen atoms in total. The number of amides is 2. The van der Waals surface area contributed by atoms with Crippen molar-refractivity contribution < 1.29 is 107 Å². The van der Waals surface area contributed by atoms with E-state index in [1.165, 1.54) is 87.6 Å². The minimum atomic E-state index is -3.93. The number of alkyl halides is 4. The number of anilines is 7. The van der Waals surface area contributed by atoms with Crippen molar-refractivity contribution in [3.8, 4) is 11.1 Å². The van der Waals surface area contributed by atoms with Crippen LogP contribution < -0.4 is 89.9 Å². The second-order valence-electron chi connectivity index (χ2n) is 26.7. The van der Waals surface area contributed by atoms with Gasteiger partial charge in [-0.25, -0.2) is 28.7 Å². The number of nitrogens with zero attached hydrogens (tertiary/aromatic N) is 4. The van der Waals surface area contributed by atoms with Crippen LogP contribution in [-0.2, 0) is 35.2 Å². The smallest absolute Gasteiger partial charge is 0.870 e.